The Kier molecular flexibility index (Phi) is 5.94. The molecule has 3 aromatic rings. The largest absolute Gasteiger partial charge is 0.465 e. The quantitative estimate of drug-likeness (QED) is 0.640. The standard InChI is InChI=1S/C20H18FN3O3/c1-26-19(25)15-4-2-14(3-5-15)10-12-22-20-23-13-11-18(24-20)27-17-8-6-16(21)7-9-17/h2-9,11,13H,10,12H2,1H3,(H,22,23,24). The molecule has 0 unspecified atom stereocenters. The molecule has 6 nitrogen and oxygen atoms in total. The number of hydrogen-bond acceptors (Lipinski definition) is 6. The van der Waals surface area contributed by atoms with E-state index in [9.17, 15) is 9.18 Å². The van der Waals surface area contributed by atoms with E-state index in [1.54, 1.807) is 24.4 Å². The lowest BCUT2D eigenvalue weighted by Gasteiger charge is -2.08. The maximum Gasteiger partial charge on any atom is 0.337 e. The molecule has 0 fully saturated rings. The van der Waals surface area contributed by atoms with Gasteiger partial charge in [-0.05, 0) is 48.4 Å². The molecule has 27 heavy (non-hydrogen) atoms. The number of hydrogen-bond donors (Lipinski definition) is 1. The molecule has 0 amide bonds. The van der Waals surface area contributed by atoms with E-state index >= 15 is 0 Å². The van der Waals surface area contributed by atoms with Crippen LogP contribution in [0.5, 0.6) is 11.6 Å². The highest BCUT2D eigenvalue weighted by atomic mass is 19.1. The number of benzene rings is 2. The average molecular weight is 367 g/mol. The highest BCUT2D eigenvalue weighted by Crippen LogP contribution is 2.20. The van der Waals surface area contributed by atoms with Crippen LogP contribution in [0.4, 0.5) is 10.3 Å². The number of esters is 1. The molecule has 0 aliphatic rings. The lowest BCUT2D eigenvalue weighted by molar-refractivity contribution is 0.0600. The summed E-state index contributed by atoms with van der Waals surface area (Å²) in [5, 5.41) is 3.12. The zero-order valence-corrected chi connectivity index (χ0v) is 14.7. The van der Waals surface area contributed by atoms with Crippen LogP contribution in [0.1, 0.15) is 15.9 Å². The van der Waals surface area contributed by atoms with Gasteiger partial charge < -0.3 is 14.8 Å². The second-order valence-electron chi connectivity index (χ2n) is 5.64. The van der Waals surface area contributed by atoms with E-state index in [1.807, 2.05) is 12.1 Å². The first kappa shape index (κ1) is 18.3. The van der Waals surface area contributed by atoms with Crippen LogP contribution in [0.3, 0.4) is 0 Å². The van der Waals surface area contributed by atoms with E-state index in [1.165, 1.54) is 31.4 Å². The Labute approximate surface area is 156 Å². The van der Waals surface area contributed by atoms with Crippen molar-refractivity contribution < 1.29 is 18.7 Å². The fourth-order valence-electron chi connectivity index (χ4n) is 2.35. The number of methoxy groups -OCH3 is 1. The third-order valence-corrected chi connectivity index (χ3v) is 3.74. The first-order chi connectivity index (χ1) is 13.1. The number of carbonyl (C=O) groups is 1. The smallest absolute Gasteiger partial charge is 0.337 e. The minimum absolute atomic E-state index is 0.327. The van der Waals surface area contributed by atoms with Gasteiger partial charge in [0.25, 0.3) is 0 Å². The molecule has 3 rings (SSSR count). The number of rotatable bonds is 7. The summed E-state index contributed by atoms with van der Waals surface area (Å²) in [6.07, 6.45) is 2.31. The molecular weight excluding hydrogens is 349 g/mol. The van der Waals surface area contributed by atoms with Crippen molar-refractivity contribution in [1.82, 2.24) is 9.97 Å². The summed E-state index contributed by atoms with van der Waals surface area (Å²) in [6, 6.07) is 14.5. The van der Waals surface area contributed by atoms with Crippen molar-refractivity contribution in [3.05, 3.63) is 77.7 Å². The Hall–Kier alpha value is -3.48. The van der Waals surface area contributed by atoms with Crippen molar-refractivity contribution in [2.75, 3.05) is 19.0 Å². The third-order valence-electron chi connectivity index (χ3n) is 3.74. The minimum atomic E-state index is -0.356. The lowest BCUT2D eigenvalue weighted by atomic mass is 10.1. The molecule has 138 valence electrons. The maximum absolute atomic E-state index is 12.9. The van der Waals surface area contributed by atoms with Gasteiger partial charge in [-0.2, -0.15) is 4.98 Å². The molecule has 2 aromatic carbocycles. The topological polar surface area (TPSA) is 73.3 Å². The van der Waals surface area contributed by atoms with E-state index in [-0.39, 0.29) is 11.8 Å². The molecule has 0 spiro atoms. The van der Waals surface area contributed by atoms with Crippen molar-refractivity contribution >= 4 is 11.9 Å². The van der Waals surface area contributed by atoms with E-state index in [0.717, 1.165) is 12.0 Å². The summed E-state index contributed by atoms with van der Waals surface area (Å²) >= 11 is 0. The molecule has 0 aliphatic carbocycles. The lowest BCUT2D eigenvalue weighted by Crippen LogP contribution is -2.08. The minimum Gasteiger partial charge on any atom is -0.465 e. The van der Waals surface area contributed by atoms with Crippen LogP contribution in [0.15, 0.2) is 60.8 Å². The molecule has 0 saturated heterocycles. The SMILES string of the molecule is COC(=O)c1ccc(CCNc2nccc(Oc3ccc(F)cc3)n2)cc1. The third kappa shape index (κ3) is 5.24. The van der Waals surface area contributed by atoms with E-state index in [4.69, 9.17) is 4.74 Å². The van der Waals surface area contributed by atoms with Gasteiger partial charge in [-0.15, -0.1) is 0 Å². The Morgan fingerprint density at radius 2 is 1.81 bits per heavy atom. The number of nitrogens with one attached hydrogen (secondary N) is 1. The fraction of sp³-hybridized carbons (Fsp3) is 0.150. The van der Waals surface area contributed by atoms with Gasteiger partial charge in [0.15, 0.2) is 0 Å². The summed E-state index contributed by atoms with van der Waals surface area (Å²) < 4.78 is 23.2. The van der Waals surface area contributed by atoms with Gasteiger partial charge in [-0.1, -0.05) is 12.1 Å². The van der Waals surface area contributed by atoms with Gasteiger partial charge in [0.05, 0.1) is 12.7 Å². The summed E-state index contributed by atoms with van der Waals surface area (Å²) in [5.41, 5.74) is 1.58. The Bertz CT molecular complexity index is 899. The average Bonchev–Trinajstić information content (AvgIpc) is 2.70. The zero-order chi connectivity index (χ0) is 19.1. The predicted octanol–water partition coefficient (Wildman–Crippen LogP) is 3.85. The predicted molar refractivity (Wildman–Crippen MR) is 98.5 cm³/mol. The summed E-state index contributed by atoms with van der Waals surface area (Å²) in [4.78, 5) is 19.8. The zero-order valence-electron chi connectivity index (χ0n) is 14.7. The molecule has 1 heterocycles. The van der Waals surface area contributed by atoms with Crippen LogP contribution in [0, 0.1) is 5.82 Å². The summed E-state index contributed by atoms with van der Waals surface area (Å²) in [7, 11) is 1.36. The second-order valence-corrected chi connectivity index (χ2v) is 5.64. The molecule has 0 aliphatic heterocycles. The van der Waals surface area contributed by atoms with Crippen molar-refractivity contribution in [2.45, 2.75) is 6.42 Å². The van der Waals surface area contributed by atoms with E-state index in [2.05, 4.69) is 20.0 Å². The fourth-order valence-corrected chi connectivity index (χ4v) is 2.35. The molecule has 0 radical (unpaired) electrons. The van der Waals surface area contributed by atoms with E-state index < -0.39 is 0 Å². The van der Waals surface area contributed by atoms with Crippen molar-refractivity contribution in [3.63, 3.8) is 0 Å². The molecule has 0 bridgehead atoms. The van der Waals surface area contributed by atoms with Crippen LogP contribution in [-0.2, 0) is 11.2 Å². The Balaban J connectivity index is 1.54. The van der Waals surface area contributed by atoms with Crippen molar-refractivity contribution in [3.8, 4) is 11.6 Å². The first-order valence-corrected chi connectivity index (χ1v) is 8.31. The highest BCUT2D eigenvalue weighted by Gasteiger charge is 2.05. The molecular formula is C20H18FN3O3. The summed E-state index contributed by atoms with van der Waals surface area (Å²) in [5.74, 6) is 0.604. The van der Waals surface area contributed by atoms with Crippen molar-refractivity contribution in [1.29, 1.82) is 0 Å². The molecule has 1 aromatic heterocycles. The number of carbonyl (C=O) groups excluding carboxylic acids is 1. The molecule has 0 atom stereocenters. The molecule has 1 N–H and O–H groups in total. The van der Waals surface area contributed by atoms with Crippen LogP contribution >= 0.6 is 0 Å². The van der Waals surface area contributed by atoms with Crippen LogP contribution in [0.25, 0.3) is 0 Å². The normalized spacial score (nSPS) is 10.3. The highest BCUT2D eigenvalue weighted by molar-refractivity contribution is 5.89. The van der Waals surface area contributed by atoms with Gasteiger partial charge >= 0.3 is 5.97 Å². The Morgan fingerprint density at radius 1 is 1.07 bits per heavy atom. The number of nitrogens with zero attached hydrogens (tertiary/aromatic N) is 2. The van der Waals surface area contributed by atoms with Gasteiger partial charge in [-0.3, -0.25) is 0 Å². The van der Waals surface area contributed by atoms with Gasteiger partial charge in [0.2, 0.25) is 11.8 Å². The van der Waals surface area contributed by atoms with Crippen molar-refractivity contribution in [2.24, 2.45) is 0 Å². The summed E-state index contributed by atoms with van der Waals surface area (Å²) in [6.45, 7) is 0.609. The number of halogens is 1. The van der Waals surface area contributed by atoms with Gasteiger partial charge in [-0.25, -0.2) is 14.2 Å². The Morgan fingerprint density at radius 3 is 2.52 bits per heavy atom. The van der Waals surface area contributed by atoms with Crippen LogP contribution < -0.4 is 10.1 Å². The molecule has 0 saturated carbocycles. The first-order valence-electron chi connectivity index (χ1n) is 8.31. The molecule has 7 heteroatoms. The second kappa shape index (κ2) is 8.75. The number of anilines is 1. The maximum atomic E-state index is 12.9. The van der Waals surface area contributed by atoms with Gasteiger partial charge in [0, 0.05) is 18.8 Å². The van der Waals surface area contributed by atoms with E-state index in [0.29, 0.717) is 29.7 Å². The van der Waals surface area contributed by atoms with Crippen LogP contribution in [-0.4, -0.2) is 29.6 Å². The monoisotopic (exact) mass is 367 g/mol. The number of aromatic nitrogens is 2. The van der Waals surface area contributed by atoms with Gasteiger partial charge in [0.1, 0.15) is 11.6 Å². The van der Waals surface area contributed by atoms with Crippen LogP contribution in [0.2, 0.25) is 0 Å². The number of ether oxygens (including phenoxy) is 2.